The molecule has 0 spiro atoms. The van der Waals surface area contributed by atoms with Crippen molar-refractivity contribution >= 4 is 10.1 Å². The average molecular weight is 264 g/mol. The first-order valence-corrected chi connectivity index (χ1v) is 6.50. The molecule has 0 amide bonds. The van der Waals surface area contributed by atoms with Crippen LogP contribution in [0.5, 0.6) is 0 Å². The van der Waals surface area contributed by atoms with Gasteiger partial charge in [0.2, 0.25) is 0 Å². The molecule has 1 aromatic rings. The van der Waals surface area contributed by atoms with Gasteiger partial charge in [0.25, 0.3) is 10.1 Å². The third kappa shape index (κ3) is 4.60. The first-order valence-electron chi connectivity index (χ1n) is 5.09. The highest BCUT2D eigenvalue weighted by atomic mass is 32.2. The van der Waals surface area contributed by atoms with Gasteiger partial charge in [-0.05, 0) is 30.9 Å². The molecule has 0 aromatic heterocycles. The van der Waals surface area contributed by atoms with Gasteiger partial charge in [-0.1, -0.05) is 29.5 Å². The molecular weight excluding hydrogens is 252 g/mol. The van der Waals surface area contributed by atoms with Crippen molar-refractivity contribution < 1.29 is 17.7 Å². The predicted molar refractivity (Wildman–Crippen MR) is 67.0 cm³/mol. The van der Waals surface area contributed by atoms with Gasteiger partial charge in [0, 0.05) is 0 Å². The summed E-state index contributed by atoms with van der Waals surface area (Å²) in [6.07, 6.45) is 0. The van der Waals surface area contributed by atoms with Gasteiger partial charge in [-0.2, -0.15) is 8.42 Å². The first kappa shape index (κ1) is 14.3. The fraction of sp³-hybridized carbons (Fsp3) is 0.231. The van der Waals surface area contributed by atoms with Crippen LogP contribution in [0, 0.1) is 30.6 Å². The van der Waals surface area contributed by atoms with E-state index in [1.165, 1.54) is 12.1 Å². The molecule has 4 nitrogen and oxygen atoms in total. The molecular formula is C13H12O4S. The standard InChI is InChI=1S/C13H12O4S/c1-12-6-8-13(9-7-12)18(15,16)17-11-5-3-2-4-10-14/h6-9,14H,10-11H2,1H3. The maximum absolute atomic E-state index is 11.7. The van der Waals surface area contributed by atoms with E-state index in [4.69, 9.17) is 9.29 Å². The van der Waals surface area contributed by atoms with Gasteiger partial charge in [-0.15, -0.1) is 0 Å². The van der Waals surface area contributed by atoms with Crippen molar-refractivity contribution in [2.24, 2.45) is 0 Å². The minimum atomic E-state index is -3.77. The molecule has 5 heteroatoms. The molecule has 0 unspecified atom stereocenters. The van der Waals surface area contributed by atoms with Crippen molar-refractivity contribution in [1.82, 2.24) is 0 Å². The van der Waals surface area contributed by atoms with Crippen LogP contribution in [0.2, 0.25) is 0 Å². The molecule has 1 aromatic carbocycles. The van der Waals surface area contributed by atoms with E-state index >= 15 is 0 Å². The van der Waals surface area contributed by atoms with Crippen molar-refractivity contribution in [1.29, 1.82) is 0 Å². The summed E-state index contributed by atoms with van der Waals surface area (Å²) in [5, 5.41) is 8.35. The quantitative estimate of drug-likeness (QED) is 0.645. The lowest BCUT2D eigenvalue weighted by atomic mass is 10.2. The molecule has 0 atom stereocenters. The zero-order chi connectivity index (χ0) is 13.4. The fourth-order valence-corrected chi connectivity index (χ4v) is 1.86. The van der Waals surface area contributed by atoms with Crippen LogP contribution in [0.4, 0.5) is 0 Å². The highest BCUT2D eigenvalue weighted by molar-refractivity contribution is 7.86. The Morgan fingerprint density at radius 2 is 1.78 bits per heavy atom. The number of hydrogen-bond donors (Lipinski definition) is 1. The number of rotatable bonds is 3. The molecule has 1 N–H and O–H groups in total. The molecule has 0 heterocycles. The molecule has 0 saturated heterocycles. The van der Waals surface area contributed by atoms with Gasteiger partial charge in [0.1, 0.15) is 13.2 Å². The summed E-state index contributed by atoms with van der Waals surface area (Å²) in [5.41, 5.74) is 0.966. The maximum atomic E-state index is 11.7. The summed E-state index contributed by atoms with van der Waals surface area (Å²) in [7, 11) is -3.77. The van der Waals surface area contributed by atoms with Gasteiger partial charge in [0.05, 0.1) is 4.90 Å². The van der Waals surface area contributed by atoms with Crippen LogP contribution >= 0.6 is 0 Å². The lowest BCUT2D eigenvalue weighted by Crippen LogP contribution is -2.06. The van der Waals surface area contributed by atoms with Crippen molar-refractivity contribution in [3.05, 3.63) is 29.8 Å². The minimum absolute atomic E-state index is 0.0938. The Morgan fingerprint density at radius 3 is 2.39 bits per heavy atom. The molecule has 0 radical (unpaired) electrons. The number of aryl methyl sites for hydroxylation is 1. The Morgan fingerprint density at radius 1 is 1.17 bits per heavy atom. The third-order valence-corrected chi connectivity index (χ3v) is 3.19. The molecule has 18 heavy (non-hydrogen) atoms. The number of hydrogen-bond acceptors (Lipinski definition) is 4. The van der Waals surface area contributed by atoms with Crippen LogP contribution in [-0.2, 0) is 14.3 Å². The zero-order valence-electron chi connectivity index (χ0n) is 9.80. The van der Waals surface area contributed by atoms with Gasteiger partial charge in [0.15, 0.2) is 0 Å². The van der Waals surface area contributed by atoms with Crippen LogP contribution in [-0.4, -0.2) is 26.7 Å². The Labute approximate surface area is 107 Å². The summed E-state index contributed by atoms with van der Waals surface area (Å²) in [4.78, 5) is 0.0938. The van der Waals surface area contributed by atoms with Crippen molar-refractivity contribution in [2.45, 2.75) is 11.8 Å². The second-order valence-electron chi connectivity index (χ2n) is 3.29. The lowest BCUT2D eigenvalue weighted by Gasteiger charge is -2.02. The third-order valence-electron chi connectivity index (χ3n) is 1.91. The van der Waals surface area contributed by atoms with E-state index in [1.54, 1.807) is 12.1 Å². The van der Waals surface area contributed by atoms with Gasteiger partial charge < -0.3 is 5.11 Å². The van der Waals surface area contributed by atoms with Crippen LogP contribution in [0.1, 0.15) is 5.56 Å². The molecule has 0 bridgehead atoms. The molecule has 94 valence electrons. The summed E-state index contributed by atoms with van der Waals surface area (Å²) in [6.45, 7) is 1.32. The Balaban J connectivity index is 2.65. The summed E-state index contributed by atoms with van der Waals surface area (Å²) < 4.78 is 28.0. The fourth-order valence-electron chi connectivity index (χ4n) is 1.04. The topological polar surface area (TPSA) is 63.6 Å². The molecule has 0 aliphatic carbocycles. The van der Waals surface area contributed by atoms with Crippen molar-refractivity contribution in [2.75, 3.05) is 13.2 Å². The second-order valence-corrected chi connectivity index (χ2v) is 4.91. The molecule has 1 rings (SSSR count). The molecule has 0 fully saturated rings. The highest BCUT2D eigenvalue weighted by Gasteiger charge is 2.13. The summed E-state index contributed by atoms with van der Waals surface area (Å²) >= 11 is 0. The number of aliphatic hydroxyl groups excluding tert-OH is 1. The smallest absolute Gasteiger partial charge is 0.297 e. The van der Waals surface area contributed by atoms with Gasteiger partial charge in [-0.3, -0.25) is 4.18 Å². The normalized spacial score (nSPS) is 9.89. The Hall–Kier alpha value is -1.79. The van der Waals surface area contributed by atoms with E-state index in [0.717, 1.165) is 5.56 Å². The monoisotopic (exact) mass is 264 g/mol. The van der Waals surface area contributed by atoms with Gasteiger partial charge in [-0.25, -0.2) is 0 Å². The largest absolute Gasteiger partial charge is 0.384 e. The van der Waals surface area contributed by atoms with Crippen LogP contribution in [0.15, 0.2) is 29.2 Å². The minimum Gasteiger partial charge on any atom is -0.384 e. The van der Waals surface area contributed by atoms with E-state index < -0.39 is 10.1 Å². The first-order chi connectivity index (χ1) is 8.56. The van der Waals surface area contributed by atoms with Gasteiger partial charge >= 0.3 is 0 Å². The van der Waals surface area contributed by atoms with Crippen molar-refractivity contribution in [3.8, 4) is 23.7 Å². The Kier molecular flexibility index (Phi) is 5.41. The Bertz CT molecular complexity index is 607. The second kappa shape index (κ2) is 6.83. The van der Waals surface area contributed by atoms with Crippen LogP contribution in [0.3, 0.4) is 0 Å². The predicted octanol–water partition coefficient (Wildman–Crippen LogP) is 0.699. The maximum Gasteiger partial charge on any atom is 0.297 e. The van der Waals surface area contributed by atoms with E-state index in [-0.39, 0.29) is 18.1 Å². The van der Waals surface area contributed by atoms with E-state index in [1.807, 2.05) is 6.92 Å². The molecule has 0 aliphatic heterocycles. The van der Waals surface area contributed by atoms with E-state index in [9.17, 15) is 8.42 Å². The summed E-state index contributed by atoms with van der Waals surface area (Å²) in [5.74, 6) is 9.42. The van der Waals surface area contributed by atoms with E-state index in [2.05, 4.69) is 23.7 Å². The van der Waals surface area contributed by atoms with Crippen molar-refractivity contribution in [3.63, 3.8) is 0 Å². The molecule has 0 saturated carbocycles. The highest BCUT2D eigenvalue weighted by Crippen LogP contribution is 2.12. The van der Waals surface area contributed by atoms with Crippen LogP contribution in [0.25, 0.3) is 0 Å². The number of aliphatic hydroxyl groups is 1. The number of benzene rings is 1. The SMILES string of the molecule is Cc1ccc(S(=O)(=O)OCC#CC#CCO)cc1. The molecule has 0 aliphatic rings. The average Bonchev–Trinajstić information content (AvgIpc) is 2.34. The summed E-state index contributed by atoms with van der Waals surface area (Å²) in [6, 6.07) is 6.33. The van der Waals surface area contributed by atoms with Crippen LogP contribution < -0.4 is 0 Å². The zero-order valence-corrected chi connectivity index (χ0v) is 10.6. The van der Waals surface area contributed by atoms with E-state index in [0.29, 0.717) is 0 Å². The lowest BCUT2D eigenvalue weighted by molar-refractivity contribution is 0.350.